The van der Waals surface area contributed by atoms with E-state index in [1.165, 1.54) is 0 Å². The molecular weight excluding hydrogens is 224 g/mol. The third-order valence-electron chi connectivity index (χ3n) is 1.97. The van der Waals surface area contributed by atoms with E-state index in [1.807, 2.05) is 6.08 Å². The number of nitrogens with one attached hydrogen (secondary N) is 2. The monoisotopic (exact) mass is 240 g/mol. The summed E-state index contributed by atoms with van der Waals surface area (Å²) in [7, 11) is 0. The molecule has 1 amide bonds. The predicted octanol–water partition coefficient (Wildman–Crippen LogP) is 0.949. The van der Waals surface area contributed by atoms with Crippen LogP contribution in [0.1, 0.15) is 16.1 Å². The summed E-state index contributed by atoms with van der Waals surface area (Å²) in [5.74, 6) is 1.81. The third kappa shape index (κ3) is 3.30. The summed E-state index contributed by atoms with van der Waals surface area (Å²) < 4.78 is 0. The van der Waals surface area contributed by atoms with Crippen LogP contribution in [-0.2, 0) is 0 Å². The number of nitrogens with zero attached hydrogens (tertiary/aromatic N) is 1. The van der Waals surface area contributed by atoms with Crippen molar-refractivity contribution in [1.82, 2.24) is 15.5 Å². The van der Waals surface area contributed by atoms with Crippen molar-refractivity contribution in [3.8, 4) is 0 Å². The number of carbonyl (C=O) groups excluding carboxylic acids is 1. The van der Waals surface area contributed by atoms with E-state index in [-0.39, 0.29) is 11.7 Å². The molecule has 16 heavy (non-hydrogen) atoms. The van der Waals surface area contributed by atoms with Gasteiger partial charge in [-0.2, -0.15) is 16.9 Å². The Bertz CT molecular complexity index is 355. The minimum absolute atomic E-state index is 0.178. The van der Waals surface area contributed by atoms with Gasteiger partial charge in [0, 0.05) is 23.7 Å². The first-order valence-corrected chi connectivity index (χ1v) is 6.09. The van der Waals surface area contributed by atoms with Crippen molar-refractivity contribution in [2.24, 2.45) is 0 Å². The van der Waals surface area contributed by atoms with E-state index in [4.69, 9.17) is 5.73 Å². The van der Waals surface area contributed by atoms with Crippen LogP contribution in [0.3, 0.4) is 0 Å². The van der Waals surface area contributed by atoms with Gasteiger partial charge in [0.15, 0.2) is 5.82 Å². The number of aromatic nitrogens is 2. The summed E-state index contributed by atoms with van der Waals surface area (Å²) in [5, 5.41) is 9.23. The Hall–Kier alpha value is -1.43. The van der Waals surface area contributed by atoms with Crippen molar-refractivity contribution in [2.45, 2.75) is 6.92 Å². The number of hydrogen-bond donors (Lipinski definition) is 3. The summed E-state index contributed by atoms with van der Waals surface area (Å²) in [5.41, 5.74) is 6.70. The molecule has 5 nitrogen and oxygen atoms in total. The predicted molar refractivity (Wildman–Crippen MR) is 67.6 cm³/mol. The number of aromatic amines is 1. The number of aryl methyl sites for hydroxylation is 1. The minimum atomic E-state index is -0.178. The van der Waals surface area contributed by atoms with Gasteiger partial charge in [0.2, 0.25) is 0 Å². The van der Waals surface area contributed by atoms with Crippen molar-refractivity contribution < 1.29 is 4.79 Å². The van der Waals surface area contributed by atoms with E-state index in [9.17, 15) is 4.79 Å². The van der Waals surface area contributed by atoms with E-state index < -0.39 is 0 Å². The normalized spacial score (nSPS) is 10.1. The highest BCUT2D eigenvalue weighted by molar-refractivity contribution is 7.99. The van der Waals surface area contributed by atoms with Crippen LogP contribution in [0.15, 0.2) is 12.7 Å². The van der Waals surface area contributed by atoms with Crippen LogP contribution in [0.25, 0.3) is 0 Å². The van der Waals surface area contributed by atoms with Crippen LogP contribution >= 0.6 is 11.8 Å². The van der Waals surface area contributed by atoms with E-state index >= 15 is 0 Å². The van der Waals surface area contributed by atoms with Crippen molar-refractivity contribution in [3.05, 3.63) is 23.9 Å². The summed E-state index contributed by atoms with van der Waals surface area (Å²) in [6.45, 7) is 6.00. The fourth-order valence-corrected chi connectivity index (χ4v) is 1.81. The van der Waals surface area contributed by atoms with Crippen LogP contribution in [0.2, 0.25) is 0 Å². The smallest absolute Gasteiger partial charge is 0.256 e. The molecule has 0 unspecified atom stereocenters. The van der Waals surface area contributed by atoms with Crippen molar-refractivity contribution in [1.29, 1.82) is 0 Å². The average molecular weight is 240 g/mol. The molecule has 1 rings (SSSR count). The molecule has 1 aromatic rings. The van der Waals surface area contributed by atoms with Gasteiger partial charge in [0.1, 0.15) is 5.56 Å². The molecule has 1 heterocycles. The minimum Gasteiger partial charge on any atom is -0.382 e. The first kappa shape index (κ1) is 12.6. The van der Waals surface area contributed by atoms with Crippen LogP contribution in [0.5, 0.6) is 0 Å². The molecule has 0 aromatic carbocycles. The average Bonchev–Trinajstić information content (AvgIpc) is 2.58. The molecule has 88 valence electrons. The number of rotatable bonds is 6. The Balaban J connectivity index is 2.38. The Morgan fingerprint density at radius 3 is 3.06 bits per heavy atom. The molecule has 0 spiro atoms. The molecule has 0 aliphatic rings. The van der Waals surface area contributed by atoms with Gasteiger partial charge in [-0.05, 0) is 6.92 Å². The van der Waals surface area contributed by atoms with Crippen LogP contribution in [0.4, 0.5) is 5.82 Å². The molecular formula is C10H16N4OS. The number of H-pyrrole nitrogens is 1. The Labute approximate surface area is 98.9 Å². The molecule has 0 aliphatic heterocycles. The Kier molecular flexibility index (Phi) is 4.91. The lowest BCUT2D eigenvalue weighted by molar-refractivity contribution is 0.0956. The third-order valence-corrected chi connectivity index (χ3v) is 2.93. The highest BCUT2D eigenvalue weighted by Crippen LogP contribution is 2.11. The standard InChI is InChI=1S/C10H16N4OS/c1-3-5-16-6-4-12-10(15)8-7(2)13-14-9(8)11/h3H,1,4-6H2,2H3,(H,12,15)(H3,11,13,14). The zero-order valence-electron chi connectivity index (χ0n) is 9.25. The highest BCUT2D eigenvalue weighted by Gasteiger charge is 2.14. The maximum Gasteiger partial charge on any atom is 0.256 e. The second kappa shape index (κ2) is 6.22. The molecule has 0 saturated heterocycles. The van der Waals surface area contributed by atoms with E-state index in [2.05, 4.69) is 22.1 Å². The summed E-state index contributed by atoms with van der Waals surface area (Å²) in [6, 6.07) is 0. The summed E-state index contributed by atoms with van der Waals surface area (Å²) in [6.07, 6.45) is 1.84. The fraction of sp³-hybridized carbons (Fsp3) is 0.400. The highest BCUT2D eigenvalue weighted by atomic mass is 32.2. The maximum absolute atomic E-state index is 11.7. The SMILES string of the molecule is C=CCSCCNC(=O)c1c(N)n[nH]c1C. The number of nitrogens with two attached hydrogens (primary N) is 1. The summed E-state index contributed by atoms with van der Waals surface area (Å²) in [4.78, 5) is 11.7. The lowest BCUT2D eigenvalue weighted by atomic mass is 10.2. The molecule has 0 saturated carbocycles. The molecule has 0 fully saturated rings. The number of anilines is 1. The molecule has 0 aliphatic carbocycles. The van der Waals surface area contributed by atoms with E-state index in [1.54, 1.807) is 18.7 Å². The topological polar surface area (TPSA) is 83.8 Å². The van der Waals surface area contributed by atoms with Gasteiger partial charge >= 0.3 is 0 Å². The largest absolute Gasteiger partial charge is 0.382 e. The zero-order valence-corrected chi connectivity index (χ0v) is 10.1. The van der Waals surface area contributed by atoms with E-state index in [0.717, 1.165) is 11.5 Å². The van der Waals surface area contributed by atoms with Crippen LogP contribution in [0, 0.1) is 6.92 Å². The Morgan fingerprint density at radius 1 is 1.75 bits per heavy atom. The quantitative estimate of drug-likeness (QED) is 0.510. The van der Waals surface area contributed by atoms with Gasteiger partial charge in [0.05, 0.1) is 0 Å². The van der Waals surface area contributed by atoms with Gasteiger partial charge in [-0.15, -0.1) is 6.58 Å². The van der Waals surface area contributed by atoms with Crippen molar-refractivity contribution >= 4 is 23.5 Å². The molecule has 0 bridgehead atoms. The van der Waals surface area contributed by atoms with Gasteiger partial charge < -0.3 is 11.1 Å². The van der Waals surface area contributed by atoms with Crippen LogP contribution in [-0.4, -0.2) is 34.2 Å². The van der Waals surface area contributed by atoms with Gasteiger partial charge in [-0.1, -0.05) is 6.08 Å². The number of carbonyl (C=O) groups is 1. The van der Waals surface area contributed by atoms with Crippen molar-refractivity contribution in [3.63, 3.8) is 0 Å². The molecule has 0 radical (unpaired) electrons. The van der Waals surface area contributed by atoms with Crippen LogP contribution < -0.4 is 11.1 Å². The second-order valence-corrected chi connectivity index (χ2v) is 4.38. The maximum atomic E-state index is 11.7. The number of hydrogen-bond acceptors (Lipinski definition) is 4. The number of thioether (sulfide) groups is 1. The molecule has 0 atom stereocenters. The zero-order chi connectivity index (χ0) is 12.0. The number of amides is 1. The first-order valence-electron chi connectivity index (χ1n) is 4.94. The lowest BCUT2D eigenvalue weighted by Gasteiger charge is -2.04. The van der Waals surface area contributed by atoms with Gasteiger partial charge in [0.25, 0.3) is 5.91 Å². The second-order valence-electron chi connectivity index (χ2n) is 3.23. The number of nitrogen functional groups attached to an aromatic ring is 1. The molecule has 4 N–H and O–H groups in total. The Morgan fingerprint density at radius 2 is 2.50 bits per heavy atom. The fourth-order valence-electron chi connectivity index (χ4n) is 1.23. The van der Waals surface area contributed by atoms with Crippen molar-refractivity contribution in [2.75, 3.05) is 23.8 Å². The van der Waals surface area contributed by atoms with E-state index in [0.29, 0.717) is 17.8 Å². The molecule has 1 aromatic heterocycles. The van der Waals surface area contributed by atoms with Gasteiger partial charge in [-0.3, -0.25) is 9.89 Å². The first-order chi connectivity index (χ1) is 7.66. The lowest BCUT2D eigenvalue weighted by Crippen LogP contribution is -2.26. The summed E-state index contributed by atoms with van der Waals surface area (Å²) >= 11 is 1.71. The molecule has 6 heteroatoms. The van der Waals surface area contributed by atoms with Gasteiger partial charge in [-0.25, -0.2) is 0 Å².